The summed E-state index contributed by atoms with van der Waals surface area (Å²) in [4.78, 5) is 27.9. The van der Waals surface area contributed by atoms with E-state index in [0.717, 1.165) is 5.56 Å². The quantitative estimate of drug-likeness (QED) is 0.167. The smallest absolute Gasteiger partial charge is 0.377 e. The van der Waals surface area contributed by atoms with Gasteiger partial charge in [-0.25, -0.2) is 19.3 Å². The summed E-state index contributed by atoms with van der Waals surface area (Å²) in [5.41, 5.74) is 1.57. The topological polar surface area (TPSA) is 75.9 Å². The number of rotatable bonds is 8. The first-order valence-corrected chi connectivity index (χ1v) is 13.7. The molecular formula is C32H34F4N6O. The Bertz CT molecular complexity index is 1780. The maximum absolute atomic E-state index is 14.1. The fraction of sp³-hybridized carbons (Fsp3) is 0.312. The third-order valence-electron chi connectivity index (χ3n) is 7.55. The first kappa shape index (κ1) is 31.4. The van der Waals surface area contributed by atoms with Gasteiger partial charge in [-0.15, -0.1) is 0 Å². The third kappa shape index (κ3) is 6.30. The van der Waals surface area contributed by atoms with Gasteiger partial charge in [0.2, 0.25) is 0 Å². The number of benzene rings is 1. The van der Waals surface area contributed by atoms with Crippen LogP contribution in [-0.4, -0.2) is 31.5 Å². The van der Waals surface area contributed by atoms with Crippen molar-refractivity contribution in [2.75, 3.05) is 12.4 Å². The van der Waals surface area contributed by atoms with Crippen molar-refractivity contribution in [2.24, 2.45) is 7.05 Å². The zero-order valence-corrected chi connectivity index (χ0v) is 25.1. The number of likely N-dealkylation sites (N-methyl/N-ethyl adjacent to an activating group) is 1. The SMILES string of the molecule is C=C(/C(F)=C\C)N(C)C(C)c1ncc(-c2cc3c([C@@H](C)Nc4ccc(C)nc4C(F)(F)F)cc(C)cc3c(=O)n2C)cn1. The fourth-order valence-electron chi connectivity index (χ4n) is 4.95. The van der Waals surface area contributed by atoms with Crippen molar-refractivity contribution in [3.05, 3.63) is 106 Å². The van der Waals surface area contributed by atoms with E-state index in [9.17, 15) is 22.4 Å². The summed E-state index contributed by atoms with van der Waals surface area (Å²) in [6, 6.07) is 7.33. The van der Waals surface area contributed by atoms with Gasteiger partial charge in [-0.3, -0.25) is 4.79 Å². The van der Waals surface area contributed by atoms with E-state index in [0.29, 0.717) is 33.4 Å². The van der Waals surface area contributed by atoms with Gasteiger partial charge in [0.15, 0.2) is 5.69 Å². The number of nitrogens with zero attached hydrogens (tertiary/aromatic N) is 5. The van der Waals surface area contributed by atoms with Crippen LogP contribution in [0.2, 0.25) is 0 Å². The number of nitrogens with one attached hydrogen (secondary N) is 1. The van der Waals surface area contributed by atoms with Crippen molar-refractivity contribution in [3.63, 3.8) is 0 Å². The number of halogens is 4. The van der Waals surface area contributed by atoms with Gasteiger partial charge in [0.05, 0.1) is 23.1 Å². The lowest BCUT2D eigenvalue weighted by Gasteiger charge is -2.26. The molecule has 0 radical (unpaired) electrons. The first-order chi connectivity index (χ1) is 20.1. The van der Waals surface area contributed by atoms with E-state index in [1.165, 1.54) is 29.7 Å². The highest BCUT2D eigenvalue weighted by Crippen LogP contribution is 2.36. The molecule has 1 unspecified atom stereocenters. The number of aromatic nitrogens is 4. The van der Waals surface area contributed by atoms with E-state index in [-0.39, 0.29) is 28.7 Å². The molecule has 0 aliphatic carbocycles. The molecule has 0 aliphatic heterocycles. The average Bonchev–Trinajstić information content (AvgIpc) is 2.97. The number of hydrogen-bond donors (Lipinski definition) is 1. The largest absolute Gasteiger partial charge is 0.435 e. The molecule has 0 spiro atoms. The predicted molar refractivity (Wildman–Crippen MR) is 161 cm³/mol. The van der Waals surface area contributed by atoms with E-state index in [1.54, 1.807) is 51.3 Å². The minimum Gasteiger partial charge on any atom is -0.377 e. The number of anilines is 1. The maximum atomic E-state index is 14.1. The normalized spacial score (nSPS) is 13.6. The predicted octanol–water partition coefficient (Wildman–Crippen LogP) is 7.58. The number of aryl methyl sites for hydroxylation is 2. The van der Waals surface area contributed by atoms with Crippen LogP contribution in [0.25, 0.3) is 22.0 Å². The Morgan fingerprint density at radius 3 is 2.35 bits per heavy atom. The second-order valence-corrected chi connectivity index (χ2v) is 10.6. The summed E-state index contributed by atoms with van der Waals surface area (Å²) >= 11 is 0. The summed E-state index contributed by atoms with van der Waals surface area (Å²) < 4.78 is 56.8. The molecule has 0 bridgehead atoms. The summed E-state index contributed by atoms with van der Waals surface area (Å²) in [7, 11) is 3.34. The average molecular weight is 595 g/mol. The van der Waals surface area contributed by atoms with E-state index in [1.807, 2.05) is 26.0 Å². The molecule has 4 rings (SSSR count). The molecule has 1 N–H and O–H groups in total. The zero-order chi connectivity index (χ0) is 31.8. The van der Waals surface area contributed by atoms with Crippen molar-refractivity contribution in [1.29, 1.82) is 0 Å². The Morgan fingerprint density at radius 2 is 1.74 bits per heavy atom. The van der Waals surface area contributed by atoms with Crippen LogP contribution in [0.5, 0.6) is 0 Å². The molecule has 0 saturated heterocycles. The van der Waals surface area contributed by atoms with Gasteiger partial charge in [0, 0.05) is 49.2 Å². The van der Waals surface area contributed by atoms with Gasteiger partial charge >= 0.3 is 6.18 Å². The highest BCUT2D eigenvalue weighted by molar-refractivity contribution is 5.89. The second kappa shape index (κ2) is 12.0. The number of allylic oxidation sites excluding steroid dienone is 2. The van der Waals surface area contributed by atoms with Gasteiger partial charge in [-0.1, -0.05) is 12.6 Å². The van der Waals surface area contributed by atoms with Crippen LogP contribution in [0.3, 0.4) is 0 Å². The Hall–Kier alpha value is -4.54. The number of hydrogen-bond acceptors (Lipinski definition) is 6. The molecular weight excluding hydrogens is 560 g/mol. The Kier molecular flexibility index (Phi) is 8.75. The van der Waals surface area contributed by atoms with Crippen molar-refractivity contribution in [2.45, 2.75) is 52.9 Å². The molecule has 4 aromatic rings. The molecule has 1 aromatic carbocycles. The van der Waals surface area contributed by atoms with E-state index < -0.39 is 23.7 Å². The van der Waals surface area contributed by atoms with Gasteiger partial charge in [-0.2, -0.15) is 13.2 Å². The van der Waals surface area contributed by atoms with E-state index in [2.05, 4.69) is 26.8 Å². The van der Waals surface area contributed by atoms with Crippen molar-refractivity contribution in [3.8, 4) is 11.3 Å². The summed E-state index contributed by atoms with van der Waals surface area (Å²) in [6.07, 6.45) is -0.135. The van der Waals surface area contributed by atoms with Gasteiger partial charge in [0.25, 0.3) is 5.56 Å². The van der Waals surface area contributed by atoms with Gasteiger partial charge in [0.1, 0.15) is 11.7 Å². The summed E-state index contributed by atoms with van der Waals surface area (Å²) in [5, 5.41) is 3.99. The Morgan fingerprint density at radius 1 is 1.09 bits per heavy atom. The lowest BCUT2D eigenvalue weighted by Crippen LogP contribution is -2.23. The maximum Gasteiger partial charge on any atom is 0.435 e. The van der Waals surface area contributed by atoms with Crippen LogP contribution >= 0.6 is 0 Å². The van der Waals surface area contributed by atoms with Crippen LogP contribution in [0.4, 0.5) is 23.2 Å². The summed E-state index contributed by atoms with van der Waals surface area (Å²) in [5.74, 6) is -0.0106. The second-order valence-electron chi connectivity index (χ2n) is 10.6. The van der Waals surface area contributed by atoms with E-state index >= 15 is 0 Å². The van der Waals surface area contributed by atoms with Gasteiger partial charge < -0.3 is 14.8 Å². The molecule has 2 atom stereocenters. The highest BCUT2D eigenvalue weighted by atomic mass is 19.4. The van der Waals surface area contributed by atoms with Crippen LogP contribution in [0.15, 0.2) is 71.7 Å². The zero-order valence-electron chi connectivity index (χ0n) is 25.1. The fourth-order valence-corrected chi connectivity index (χ4v) is 4.95. The Labute approximate surface area is 247 Å². The molecule has 3 aromatic heterocycles. The lowest BCUT2D eigenvalue weighted by molar-refractivity contribution is -0.140. The Balaban J connectivity index is 1.77. The number of pyridine rings is 2. The third-order valence-corrected chi connectivity index (χ3v) is 7.55. The van der Waals surface area contributed by atoms with Crippen molar-refractivity contribution in [1.82, 2.24) is 24.4 Å². The molecule has 0 aliphatic rings. The minimum absolute atomic E-state index is 0.149. The standard InChI is InChI=1S/C32H34F4N6O/c1-9-26(33)20(5)41(7)21(6)30-37-15-22(16-38-30)28-14-24-23(12-17(2)13-25(24)31(43)42(28)8)19(4)40-27-11-10-18(3)39-29(27)32(34,35)36/h9-16,19,21,40H,5H2,1-4,6-8H3/b26-9+/t19-,21?/m1/s1. The number of fused-ring (bicyclic) bond motifs is 1. The van der Waals surface area contributed by atoms with Crippen LogP contribution in [0, 0.1) is 13.8 Å². The molecule has 0 saturated carbocycles. The van der Waals surface area contributed by atoms with Crippen molar-refractivity contribution >= 4 is 16.5 Å². The summed E-state index contributed by atoms with van der Waals surface area (Å²) in [6.45, 7) is 12.3. The van der Waals surface area contributed by atoms with Gasteiger partial charge in [-0.05, 0) is 81.5 Å². The van der Waals surface area contributed by atoms with Crippen molar-refractivity contribution < 1.29 is 17.6 Å². The first-order valence-electron chi connectivity index (χ1n) is 13.7. The monoisotopic (exact) mass is 594 g/mol. The van der Waals surface area contributed by atoms with Crippen LogP contribution in [-0.2, 0) is 13.2 Å². The van der Waals surface area contributed by atoms with Crippen LogP contribution < -0.4 is 10.9 Å². The molecule has 11 heteroatoms. The molecule has 0 fully saturated rings. The minimum atomic E-state index is -4.64. The molecule has 0 amide bonds. The molecule has 3 heterocycles. The molecule has 226 valence electrons. The number of alkyl halides is 3. The van der Waals surface area contributed by atoms with Crippen LogP contribution in [0.1, 0.15) is 61.2 Å². The van der Waals surface area contributed by atoms with E-state index in [4.69, 9.17) is 0 Å². The molecule has 7 nitrogen and oxygen atoms in total. The highest BCUT2D eigenvalue weighted by Gasteiger charge is 2.36. The molecule has 43 heavy (non-hydrogen) atoms. The lowest BCUT2D eigenvalue weighted by atomic mass is 9.96.